The number of amides is 1. The van der Waals surface area contributed by atoms with Gasteiger partial charge in [0.2, 0.25) is 5.95 Å². The average molecular weight is 255 g/mol. The summed E-state index contributed by atoms with van der Waals surface area (Å²) in [5, 5.41) is 2.61. The number of hydrogen-bond acceptors (Lipinski definition) is 4. The lowest BCUT2D eigenvalue weighted by molar-refractivity contribution is 0.0505. The third-order valence-corrected chi connectivity index (χ3v) is 2.08. The predicted octanol–water partition coefficient (Wildman–Crippen LogP) is 1.75. The third kappa shape index (κ3) is 4.67. The van der Waals surface area contributed by atoms with Crippen molar-refractivity contribution in [2.24, 2.45) is 5.73 Å². The van der Waals surface area contributed by atoms with Gasteiger partial charge in [-0.05, 0) is 32.4 Å². The van der Waals surface area contributed by atoms with Crippen LogP contribution in [0.5, 0.6) is 0 Å². The van der Waals surface area contributed by atoms with Gasteiger partial charge in [0.15, 0.2) is 0 Å². The number of pyridine rings is 1. The monoisotopic (exact) mass is 255 g/mol. The largest absolute Gasteiger partial charge is 0.444 e. The summed E-state index contributed by atoms with van der Waals surface area (Å²) in [4.78, 5) is 15.1. The number of carbonyl (C=O) groups is 1. The van der Waals surface area contributed by atoms with Crippen LogP contribution in [0.3, 0.4) is 0 Å². The van der Waals surface area contributed by atoms with E-state index in [4.69, 9.17) is 10.5 Å². The highest BCUT2D eigenvalue weighted by molar-refractivity contribution is 5.68. The van der Waals surface area contributed by atoms with Gasteiger partial charge in [0.25, 0.3) is 0 Å². The Morgan fingerprint density at radius 2 is 2.22 bits per heavy atom. The molecule has 0 saturated carbocycles. The molecule has 1 atom stereocenters. The van der Waals surface area contributed by atoms with Crippen molar-refractivity contribution < 1.29 is 13.9 Å². The normalized spacial score (nSPS) is 12.9. The highest BCUT2D eigenvalue weighted by Gasteiger charge is 2.19. The van der Waals surface area contributed by atoms with E-state index in [1.807, 2.05) is 0 Å². The van der Waals surface area contributed by atoms with Crippen LogP contribution in [0, 0.1) is 5.95 Å². The summed E-state index contributed by atoms with van der Waals surface area (Å²) >= 11 is 0. The first-order valence-electron chi connectivity index (χ1n) is 5.63. The van der Waals surface area contributed by atoms with Crippen molar-refractivity contribution in [2.75, 3.05) is 6.54 Å². The second kappa shape index (κ2) is 5.77. The lowest BCUT2D eigenvalue weighted by Gasteiger charge is -2.23. The van der Waals surface area contributed by atoms with E-state index in [9.17, 15) is 9.18 Å². The number of rotatable bonds is 3. The summed E-state index contributed by atoms with van der Waals surface area (Å²) in [6.45, 7) is 5.48. The van der Waals surface area contributed by atoms with Crippen molar-refractivity contribution in [1.29, 1.82) is 0 Å². The molecule has 6 heteroatoms. The molecule has 0 spiro atoms. The van der Waals surface area contributed by atoms with Gasteiger partial charge in [0.05, 0.1) is 6.04 Å². The van der Waals surface area contributed by atoms with Crippen LogP contribution in [0.2, 0.25) is 0 Å². The van der Waals surface area contributed by atoms with Gasteiger partial charge in [0, 0.05) is 12.7 Å². The van der Waals surface area contributed by atoms with Gasteiger partial charge in [-0.1, -0.05) is 6.07 Å². The fourth-order valence-corrected chi connectivity index (χ4v) is 1.32. The molecular weight excluding hydrogens is 237 g/mol. The number of hydrogen-bond donors (Lipinski definition) is 2. The molecule has 1 heterocycles. The molecule has 0 aliphatic rings. The molecule has 0 bridgehead atoms. The zero-order valence-electron chi connectivity index (χ0n) is 10.7. The molecule has 0 saturated heterocycles. The SMILES string of the molecule is CC(C)(C)OC(=O)NC(CN)c1ccc(F)nc1. The van der Waals surface area contributed by atoms with Crippen LogP contribution in [-0.2, 0) is 4.74 Å². The van der Waals surface area contributed by atoms with Crippen LogP contribution in [0.4, 0.5) is 9.18 Å². The topological polar surface area (TPSA) is 77.2 Å². The standard InChI is InChI=1S/C12H18FN3O2/c1-12(2,3)18-11(17)16-9(6-14)8-4-5-10(13)15-7-8/h4-5,7,9H,6,14H2,1-3H3,(H,16,17). The molecule has 100 valence electrons. The fraction of sp³-hybridized carbons (Fsp3) is 0.500. The van der Waals surface area contributed by atoms with Crippen molar-refractivity contribution in [3.63, 3.8) is 0 Å². The molecule has 1 aromatic rings. The van der Waals surface area contributed by atoms with Crippen molar-refractivity contribution >= 4 is 6.09 Å². The number of nitrogens with zero attached hydrogens (tertiary/aromatic N) is 1. The van der Waals surface area contributed by atoms with Gasteiger partial charge in [-0.15, -0.1) is 0 Å². The molecule has 0 aliphatic carbocycles. The van der Waals surface area contributed by atoms with Crippen molar-refractivity contribution in [2.45, 2.75) is 32.4 Å². The molecule has 18 heavy (non-hydrogen) atoms. The number of nitrogens with one attached hydrogen (secondary N) is 1. The summed E-state index contributed by atoms with van der Waals surface area (Å²) < 4.78 is 17.8. The minimum Gasteiger partial charge on any atom is -0.444 e. The first-order valence-corrected chi connectivity index (χ1v) is 5.63. The van der Waals surface area contributed by atoms with Gasteiger partial charge in [-0.3, -0.25) is 0 Å². The highest BCUT2D eigenvalue weighted by atomic mass is 19.1. The summed E-state index contributed by atoms with van der Waals surface area (Å²) in [6, 6.07) is 2.29. The Morgan fingerprint density at radius 3 is 2.67 bits per heavy atom. The molecule has 1 aromatic heterocycles. The fourth-order valence-electron chi connectivity index (χ4n) is 1.32. The molecule has 0 radical (unpaired) electrons. The smallest absolute Gasteiger partial charge is 0.408 e. The van der Waals surface area contributed by atoms with Gasteiger partial charge < -0.3 is 15.8 Å². The van der Waals surface area contributed by atoms with Crippen LogP contribution < -0.4 is 11.1 Å². The van der Waals surface area contributed by atoms with Gasteiger partial charge in [-0.2, -0.15) is 4.39 Å². The Labute approximate surface area is 106 Å². The van der Waals surface area contributed by atoms with Crippen LogP contribution in [0.15, 0.2) is 18.3 Å². The summed E-state index contributed by atoms with van der Waals surface area (Å²) in [5.41, 5.74) is 5.61. The van der Waals surface area contributed by atoms with Crippen LogP contribution >= 0.6 is 0 Å². The Hall–Kier alpha value is -1.69. The van der Waals surface area contributed by atoms with Crippen LogP contribution in [0.25, 0.3) is 0 Å². The summed E-state index contributed by atoms with van der Waals surface area (Å²) in [7, 11) is 0. The van der Waals surface area contributed by atoms with Crippen LogP contribution in [0.1, 0.15) is 32.4 Å². The minimum atomic E-state index is -0.579. The Balaban J connectivity index is 2.68. The molecule has 0 aromatic carbocycles. The number of alkyl carbamates (subject to hydrolysis) is 1. The second-order valence-electron chi connectivity index (χ2n) is 4.85. The zero-order valence-corrected chi connectivity index (χ0v) is 10.7. The van der Waals surface area contributed by atoms with E-state index in [1.54, 1.807) is 20.8 Å². The maximum absolute atomic E-state index is 12.7. The maximum Gasteiger partial charge on any atom is 0.408 e. The van der Waals surface area contributed by atoms with Gasteiger partial charge in [0.1, 0.15) is 5.60 Å². The second-order valence-corrected chi connectivity index (χ2v) is 4.85. The molecule has 5 nitrogen and oxygen atoms in total. The van der Waals surface area contributed by atoms with E-state index < -0.39 is 23.7 Å². The van der Waals surface area contributed by atoms with E-state index >= 15 is 0 Å². The maximum atomic E-state index is 12.7. The Morgan fingerprint density at radius 1 is 1.56 bits per heavy atom. The van der Waals surface area contributed by atoms with Gasteiger partial charge in [-0.25, -0.2) is 9.78 Å². The van der Waals surface area contributed by atoms with E-state index in [2.05, 4.69) is 10.3 Å². The van der Waals surface area contributed by atoms with E-state index in [-0.39, 0.29) is 6.54 Å². The minimum absolute atomic E-state index is 0.173. The molecule has 1 unspecified atom stereocenters. The zero-order chi connectivity index (χ0) is 13.8. The summed E-state index contributed by atoms with van der Waals surface area (Å²) in [5.74, 6) is -0.577. The number of nitrogens with two attached hydrogens (primary N) is 1. The first-order chi connectivity index (χ1) is 8.31. The van der Waals surface area contributed by atoms with Crippen LogP contribution in [-0.4, -0.2) is 23.2 Å². The highest BCUT2D eigenvalue weighted by Crippen LogP contribution is 2.13. The molecule has 0 fully saturated rings. The third-order valence-electron chi connectivity index (χ3n) is 2.08. The first kappa shape index (κ1) is 14.4. The molecule has 1 rings (SSSR count). The summed E-state index contributed by atoms with van der Waals surface area (Å²) in [6.07, 6.45) is 0.770. The number of carbonyl (C=O) groups excluding carboxylic acids is 1. The molecular formula is C12H18FN3O2. The molecule has 0 aliphatic heterocycles. The quantitative estimate of drug-likeness (QED) is 0.806. The Bertz CT molecular complexity index is 401. The number of aromatic nitrogens is 1. The van der Waals surface area contributed by atoms with E-state index in [0.717, 1.165) is 0 Å². The van der Waals surface area contributed by atoms with E-state index in [1.165, 1.54) is 18.3 Å². The van der Waals surface area contributed by atoms with Gasteiger partial charge >= 0.3 is 6.09 Å². The lowest BCUT2D eigenvalue weighted by Crippen LogP contribution is -2.37. The van der Waals surface area contributed by atoms with Crippen molar-refractivity contribution in [3.8, 4) is 0 Å². The Kier molecular flexibility index (Phi) is 4.61. The molecule has 1 amide bonds. The lowest BCUT2D eigenvalue weighted by atomic mass is 10.1. The van der Waals surface area contributed by atoms with E-state index in [0.29, 0.717) is 5.56 Å². The number of ether oxygens (including phenoxy) is 1. The number of halogens is 1. The predicted molar refractivity (Wildman–Crippen MR) is 65.4 cm³/mol. The average Bonchev–Trinajstić information content (AvgIpc) is 2.25. The van der Waals surface area contributed by atoms with Crippen molar-refractivity contribution in [3.05, 3.63) is 29.8 Å². The van der Waals surface area contributed by atoms with Crippen molar-refractivity contribution in [1.82, 2.24) is 10.3 Å². The molecule has 3 N–H and O–H groups in total.